The normalized spacial score (nSPS) is 13.8. The van der Waals surface area contributed by atoms with Crippen LogP contribution in [-0.2, 0) is 4.79 Å². The van der Waals surface area contributed by atoms with Gasteiger partial charge < -0.3 is 20.6 Å². The summed E-state index contributed by atoms with van der Waals surface area (Å²) in [6.07, 6.45) is 0. The van der Waals surface area contributed by atoms with Crippen molar-refractivity contribution in [2.24, 2.45) is 0 Å². The monoisotopic (exact) mass is 494 g/mol. The van der Waals surface area contributed by atoms with Gasteiger partial charge in [-0.15, -0.1) is 0 Å². The lowest BCUT2D eigenvalue weighted by Crippen LogP contribution is -2.48. The maximum atomic E-state index is 13.9. The zero-order chi connectivity index (χ0) is 25.7. The predicted molar refractivity (Wildman–Crippen MR) is 131 cm³/mol. The van der Waals surface area contributed by atoms with E-state index in [0.29, 0.717) is 37.6 Å². The Morgan fingerprint density at radius 1 is 0.833 bits per heavy atom. The molecule has 186 valence electrons. The highest BCUT2D eigenvalue weighted by molar-refractivity contribution is 6.08. The van der Waals surface area contributed by atoms with Crippen molar-refractivity contribution in [2.75, 3.05) is 48.3 Å². The van der Waals surface area contributed by atoms with Crippen LogP contribution < -0.4 is 15.5 Å². The van der Waals surface area contributed by atoms with E-state index in [2.05, 4.69) is 10.6 Å². The van der Waals surface area contributed by atoms with E-state index in [1.54, 1.807) is 6.07 Å². The molecule has 0 unspecified atom stereocenters. The first-order valence-electron chi connectivity index (χ1n) is 11.3. The van der Waals surface area contributed by atoms with Gasteiger partial charge >= 0.3 is 5.97 Å². The summed E-state index contributed by atoms with van der Waals surface area (Å²) < 4.78 is 26.9. The first-order chi connectivity index (χ1) is 17.3. The molecular formula is C26H24F2N4O4. The van der Waals surface area contributed by atoms with E-state index >= 15 is 0 Å². The van der Waals surface area contributed by atoms with Crippen molar-refractivity contribution in [3.63, 3.8) is 0 Å². The molecule has 0 aromatic heterocycles. The van der Waals surface area contributed by atoms with Gasteiger partial charge in [0.25, 0.3) is 5.91 Å². The van der Waals surface area contributed by atoms with Crippen molar-refractivity contribution in [3.05, 3.63) is 89.5 Å². The zero-order valence-corrected chi connectivity index (χ0v) is 19.2. The van der Waals surface area contributed by atoms with Crippen LogP contribution in [0.2, 0.25) is 0 Å². The molecule has 0 bridgehead atoms. The van der Waals surface area contributed by atoms with Crippen LogP contribution >= 0.6 is 0 Å². The highest BCUT2D eigenvalue weighted by Crippen LogP contribution is 2.25. The van der Waals surface area contributed by atoms with E-state index in [0.717, 1.165) is 6.07 Å². The van der Waals surface area contributed by atoms with Gasteiger partial charge in [-0.25, -0.2) is 13.6 Å². The van der Waals surface area contributed by atoms with E-state index in [9.17, 15) is 28.3 Å². The molecule has 1 aliphatic heterocycles. The minimum Gasteiger partial charge on any atom is -0.478 e. The van der Waals surface area contributed by atoms with E-state index in [1.807, 2.05) is 9.80 Å². The summed E-state index contributed by atoms with van der Waals surface area (Å²) in [5.41, 5.74) is 0.946. The van der Waals surface area contributed by atoms with Gasteiger partial charge in [0.1, 0.15) is 11.6 Å². The Bertz CT molecular complexity index is 1280. The third-order valence-corrected chi connectivity index (χ3v) is 5.83. The number of rotatable bonds is 7. The van der Waals surface area contributed by atoms with Crippen molar-refractivity contribution >= 4 is 34.8 Å². The number of piperazine rings is 1. The minimum absolute atomic E-state index is 0.0654. The fourth-order valence-electron chi connectivity index (χ4n) is 3.95. The Morgan fingerprint density at radius 3 is 2.19 bits per heavy atom. The van der Waals surface area contributed by atoms with Gasteiger partial charge in [-0.2, -0.15) is 0 Å². The predicted octanol–water partition coefficient (Wildman–Crippen LogP) is 3.68. The van der Waals surface area contributed by atoms with Crippen LogP contribution in [0.4, 0.5) is 25.8 Å². The standard InChI is InChI=1S/C26H24F2N4O4/c27-17-5-7-18(8-6-17)29-24(33)16-31-11-13-32(14-12-31)19-9-10-23(21(15-19)26(35)36)30-25(34)20-3-1-2-4-22(20)28/h1-10,15H,11-14,16H2,(H,29,33)(H,30,34)(H,35,36). The van der Waals surface area contributed by atoms with E-state index < -0.39 is 17.7 Å². The Labute approximate surface area is 206 Å². The fourth-order valence-corrected chi connectivity index (χ4v) is 3.95. The van der Waals surface area contributed by atoms with Crippen LogP contribution in [0, 0.1) is 11.6 Å². The zero-order valence-electron chi connectivity index (χ0n) is 19.2. The summed E-state index contributed by atoms with van der Waals surface area (Å²) in [7, 11) is 0. The lowest BCUT2D eigenvalue weighted by Gasteiger charge is -2.36. The lowest BCUT2D eigenvalue weighted by molar-refractivity contribution is -0.117. The molecule has 0 saturated carbocycles. The molecule has 1 saturated heterocycles. The topological polar surface area (TPSA) is 102 Å². The number of carbonyl (C=O) groups excluding carboxylic acids is 2. The first-order valence-corrected chi connectivity index (χ1v) is 11.3. The number of benzene rings is 3. The lowest BCUT2D eigenvalue weighted by atomic mass is 10.1. The van der Waals surface area contributed by atoms with Crippen LogP contribution in [0.3, 0.4) is 0 Å². The Morgan fingerprint density at radius 2 is 1.53 bits per heavy atom. The quantitative estimate of drug-likeness (QED) is 0.463. The molecule has 0 aliphatic carbocycles. The number of carboxylic acid groups (broad SMARTS) is 1. The molecule has 8 nitrogen and oxygen atoms in total. The number of nitrogens with one attached hydrogen (secondary N) is 2. The number of aromatic carboxylic acids is 1. The molecule has 3 aromatic rings. The molecule has 1 heterocycles. The van der Waals surface area contributed by atoms with Crippen LogP contribution in [0.1, 0.15) is 20.7 Å². The van der Waals surface area contributed by atoms with Gasteiger partial charge in [0.05, 0.1) is 23.4 Å². The fraction of sp³-hybridized carbons (Fsp3) is 0.192. The molecule has 2 amide bonds. The van der Waals surface area contributed by atoms with Crippen molar-refractivity contribution in [1.29, 1.82) is 0 Å². The van der Waals surface area contributed by atoms with Crippen LogP contribution in [-0.4, -0.2) is 60.5 Å². The van der Waals surface area contributed by atoms with E-state index in [4.69, 9.17) is 0 Å². The second kappa shape index (κ2) is 11.0. The number of amides is 2. The Kier molecular flexibility index (Phi) is 7.55. The van der Waals surface area contributed by atoms with Crippen LogP contribution in [0.15, 0.2) is 66.7 Å². The van der Waals surface area contributed by atoms with E-state index in [-0.39, 0.29) is 35.1 Å². The first kappa shape index (κ1) is 24.8. The number of hydrogen-bond donors (Lipinski definition) is 3. The maximum Gasteiger partial charge on any atom is 0.337 e. The molecule has 3 aromatic carbocycles. The average molecular weight is 494 g/mol. The van der Waals surface area contributed by atoms with Gasteiger partial charge in [0.15, 0.2) is 0 Å². The second-order valence-electron chi connectivity index (χ2n) is 8.29. The Balaban J connectivity index is 1.36. The maximum absolute atomic E-state index is 13.9. The van der Waals surface area contributed by atoms with Crippen LogP contribution in [0.25, 0.3) is 0 Å². The summed E-state index contributed by atoms with van der Waals surface area (Å²) in [4.78, 5) is 40.6. The third-order valence-electron chi connectivity index (χ3n) is 5.83. The Hall–Kier alpha value is -4.31. The second-order valence-corrected chi connectivity index (χ2v) is 8.29. The highest BCUT2D eigenvalue weighted by Gasteiger charge is 2.22. The number of hydrogen-bond acceptors (Lipinski definition) is 5. The van der Waals surface area contributed by atoms with Gasteiger partial charge in [-0.3, -0.25) is 14.5 Å². The molecule has 0 atom stereocenters. The number of carbonyl (C=O) groups is 3. The van der Waals surface area contributed by atoms with Gasteiger partial charge in [-0.1, -0.05) is 12.1 Å². The summed E-state index contributed by atoms with van der Waals surface area (Å²) in [6, 6.07) is 15.6. The molecule has 3 N–H and O–H groups in total. The largest absolute Gasteiger partial charge is 0.478 e. The summed E-state index contributed by atoms with van der Waals surface area (Å²) in [5, 5.41) is 14.9. The molecular weight excluding hydrogens is 470 g/mol. The van der Waals surface area contributed by atoms with Crippen molar-refractivity contribution in [1.82, 2.24) is 4.90 Å². The summed E-state index contributed by atoms with van der Waals surface area (Å²) in [6.45, 7) is 2.44. The molecule has 4 rings (SSSR count). The average Bonchev–Trinajstić information content (AvgIpc) is 2.86. The smallest absolute Gasteiger partial charge is 0.337 e. The number of halogens is 2. The van der Waals surface area contributed by atoms with Gasteiger partial charge in [-0.05, 0) is 54.6 Å². The number of carboxylic acids is 1. The summed E-state index contributed by atoms with van der Waals surface area (Å²) >= 11 is 0. The SMILES string of the molecule is O=C(CN1CCN(c2ccc(NC(=O)c3ccccc3F)c(C(=O)O)c2)CC1)Nc1ccc(F)cc1. The van der Waals surface area contributed by atoms with Crippen molar-refractivity contribution in [2.45, 2.75) is 0 Å². The van der Waals surface area contributed by atoms with Crippen molar-refractivity contribution in [3.8, 4) is 0 Å². The van der Waals surface area contributed by atoms with E-state index in [1.165, 1.54) is 54.6 Å². The minimum atomic E-state index is -1.23. The molecule has 0 radical (unpaired) electrons. The molecule has 36 heavy (non-hydrogen) atoms. The molecule has 1 fully saturated rings. The van der Waals surface area contributed by atoms with Crippen molar-refractivity contribution < 1.29 is 28.3 Å². The van der Waals surface area contributed by atoms with Crippen LogP contribution in [0.5, 0.6) is 0 Å². The van der Waals surface area contributed by atoms with Gasteiger partial charge in [0, 0.05) is 37.6 Å². The molecule has 10 heteroatoms. The number of nitrogens with zero attached hydrogens (tertiary/aromatic N) is 2. The molecule has 1 aliphatic rings. The highest BCUT2D eigenvalue weighted by atomic mass is 19.1. The number of anilines is 3. The third kappa shape index (κ3) is 6.02. The van der Waals surface area contributed by atoms with Gasteiger partial charge in [0.2, 0.25) is 5.91 Å². The molecule has 0 spiro atoms. The summed E-state index contributed by atoms with van der Waals surface area (Å²) in [5.74, 6) is -3.26.